The Kier molecular flexibility index (Phi) is 3.43. The molecule has 18 heavy (non-hydrogen) atoms. The summed E-state index contributed by atoms with van der Waals surface area (Å²) in [5.41, 5.74) is 6.15. The Morgan fingerprint density at radius 3 is 2.78 bits per heavy atom. The van der Waals surface area contributed by atoms with Gasteiger partial charge in [0.15, 0.2) is 0 Å². The number of aromatic nitrogens is 1. The van der Waals surface area contributed by atoms with Crippen LogP contribution in [-0.2, 0) is 0 Å². The molecule has 0 spiro atoms. The molecule has 0 atom stereocenters. The van der Waals surface area contributed by atoms with Crippen LogP contribution in [0.5, 0.6) is 0 Å². The summed E-state index contributed by atoms with van der Waals surface area (Å²) in [6, 6.07) is 6.68. The number of carbonyl (C=O) groups is 1. The lowest BCUT2D eigenvalue weighted by Gasteiger charge is -2.07. The number of nitrogens with one attached hydrogen (secondary N) is 1. The second-order valence-corrected chi connectivity index (χ2v) is 3.95. The second-order valence-electron chi connectivity index (χ2n) is 3.55. The van der Waals surface area contributed by atoms with Crippen molar-refractivity contribution in [1.82, 2.24) is 4.98 Å². The van der Waals surface area contributed by atoms with Crippen molar-refractivity contribution in [1.29, 1.82) is 0 Å². The zero-order valence-corrected chi connectivity index (χ0v) is 9.91. The molecule has 0 bridgehead atoms. The van der Waals surface area contributed by atoms with Crippen molar-refractivity contribution in [2.45, 2.75) is 0 Å². The van der Waals surface area contributed by atoms with Gasteiger partial charge < -0.3 is 11.1 Å². The van der Waals surface area contributed by atoms with Crippen LogP contribution in [0.4, 0.5) is 15.9 Å². The highest BCUT2D eigenvalue weighted by Crippen LogP contribution is 2.23. The summed E-state index contributed by atoms with van der Waals surface area (Å²) in [6.45, 7) is 0. The predicted octanol–water partition coefficient (Wildman–Crippen LogP) is 2.71. The third kappa shape index (κ3) is 2.75. The highest BCUT2D eigenvalue weighted by Gasteiger charge is 2.09. The number of anilines is 2. The first kappa shape index (κ1) is 12.3. The number of hydrogen-bond acceptors (Lipinski definition) is 3. The molecule has 1 aromatic carbocycles. The van der Waals surface area contributed by atoms with Gasteiger partial charge in [0.1, 0.15) is 11.6 Å². The molecule has 3 N–H and O–H groups in total. The smallest absolute Gasteiger partial charge is 0.255 e. The normalized spacial score (nSPS) is 10.1. The summed E-state index contributed by atoms with van der Waals surface area (Å²) >= 11 is 5.80. The number of rotatable bonds is 2. The first-order chi connectivity index (χ1) is 8.56. The fourth-order valence-electron chi connectivity index (χ4n) is 1.37. The number of halogens is 2. The molecule has 2 rings (SSSR count). The third-order valence-electron chi connectivity index (χ3n) is 2.22. The molecular formula is C12H9ClFN3O. The average Bonchev–Trinajstić information content (AvgIpc) is 2.32. The monoisotopic (exact) mass is 265 g/mol. The van der Waals surface area contributed by atoms with Crippen molar-refractivity contribution in [2.75, 3.05) is 11.1 Å². The molecule has 0 aliphatic heterocycles. The Morgan fingerprint density at radius 2 is 2.11 bits per heavy atom. The zero-order valence-electron chi connectivity index (χ0n) is 9.15. The lowest BCUT2D eigenvalue weighted by Crippen LogP contribution is -2.12. The summed E-state index contributed by atoms with van der Waals surface area (Å²) in [5, 5.41) is 2.69. The number of nitrogens with two attached hydrogens (primary N) is 1. The molecule has 0 aliphatic carbocycles. The molecule has 4 nitrogen and oxygen atoms in total. The number of amides is 1. The molecule has 0 unspecified atom stereocenters. The van der Waals surface area contributed by atoms with Gasteiger partial charge in [0.25, 0.3) is 5.91 Å². The van der Waals surface area contributed by atoms with Crippen LogP contribution in [0.25, 0.3) is 0 Å². The van der Waals surface area contributed by atoms with Crippen LogP contribution in [0, 0.1) is 5.82 Å². The lowest BCUT2D eigenvalue weighted by molar-refractivity contribution is 0.102. The fraction of sp³-hybridized carbons (Fsp3) is 0. The van der Waals surface area contributed by atoms with Crippen molar-refractivity contribution in [3.8, 4) is 0 Å². The highest BCUT2D eigenvalue weighted by atomic mass is 35.5. The molecule has 0 aliphatic rings. The molecule has 2 aromatic rings. The Morgan fingerprint density at radius 1 is 1.33 bits per heavy atom. The third-order valence-corrected chi connectivity index (χ3v) is 2.54. The maximum absolute atomic E-state index is 12.8. The molecule has 1 aromatic heterocycles. The standard InChI is InChI=1S/C12H9ClFN3O/c13-9-6-8(14)1-2-10(9)17-12(18)7-3-4-16-11(15)5-7/h1-6H,(H2,15,16)(H,17,18). The maximum Gasteiger partial charge on any atom is 0.255 e. The van der Waals surface area contributed by atoms with E-state index in [0.717, 1.165) is 6.07 Å². The van der Waals surface area contributed by atoms with Gasteiger partial charge in [-0.1, -0.05) is 11.6 Å². The number of nitrogen functional groups attached to an aromatic ring is 1. The largest absolute Gasteiger partial charge is 0.384 e. The number of nitrogens with zero attached hydrogens (tertiary/aromatic N) is 1. The fourth-order valence-corrected chi connectivity index (χ4v) is 1.59. The van der Waals surface area contributed by atoms with Crippen molar-refractivity contribution in [3.05, 3.63) is 52.9 Å². The van der Waals surface area contributed by atoms with E-state index in [1.807, 2.05) is 0 Å². The van der Waals surface area contributed by atoms with E-state index in [1.54, 1.807) is 0 Å². The molecule has 1 amide bonds. The van der Waals surface area contributed by atoms with E-state index in [1.165, 1.54) is 30.5 Å². The van der Waals surface area contributed by atoms with Crippen molar-refractivity contribution in [3.63, 3.8) is 0 Å². The lowest BCUT2D eigenvalue weighted by atomic mass is 10.2. The minimum Gasteiger partial charge on any atom is -0.384 e. The van der Waals surface area contributed by atoms with E-state index < -0.39 is 11.7 Å². The average molecular weight is 266 g/mol. The number of carbonyl (C=O) groups excluding carboxylic acids is 1. The summed E-state index contributed by atoms with van der Waals surface area (Å²) in [7, 11) is 0. The van der Waals surface area contributed by atoms with E-state index in [0.29, 0.717) is 11.3 Å². The summed E-state index contributed by atoms with van der Waals surface area (Å²) in [6.07, 6.45) is 1.43. The Labute approximate surface area is 108 Å². The van der Waals surface area contributed by atoms with Crippen LogP contribution in [0.15, 0.2) is 36.5 Å². The van der Waals surface area contributed by atoms with Crippen LogP contribution in [0.3, 0.4) is 0 Å². The predicted molar refractivity (Wildman–Crippen MR) is 68.0 cm³/mol. The molecule has 1 heterocycles. The van der Waals surface area contributed by atoms with Gasteiger partial charge >= 0.3 is 0 Å². The Bertz CT molecular complexity index is 604. The molecule has 0 saturated carbocycles. The first-order valence-electron chi connectivity index (χ1n) is 5.04. The summed E-state index contributed by atoms with van der Waals surface area (Å²) in [4.78, 5) is 15.6. The highest BCUT2D eigenvalue weighted by molar-refractivity contribution is 6.33. The van der Waals surface area contributed by atoms with Gasteiger partial charge in [-0.05, 0) is 30.3 Å². The van der Waals surface area contributed by atoms with Gasteiger partial charge in [-0.25, -0.2) is 9.37 Å². The zero-order chi connectivity index (χ0) is 13.1. The van der Waals surface area contributed by atoms with Gasteiger partial charge in [-0.15, -0.1) is 0 Å². The molecule has 0 radical (unpaired) electrons. The van der Waals surface area contributed by atoms with Crippen molar-refractivity contribution in [2.24, 2.45) is 0 Å². The molecule has 92 valence electrons. The second kappa shape index (κ2) is 5.01. The molecular weight excluding hydrogens is 257 g/mol. The first-order valence-corrected chi connectivity index (χ1v) is 5.42. The van der Waals surface area contributed by atoms with E-state index >= 15 is 0 Å². The van der Waals surface area contributed by atoms with Gasteiger partial charge in [0, 0.05) is 11.8 Å². The van der Waals surface area contributed by atoms with Crippen molar-refractivity contribution >= 4 is 29.0 Å². The number of pyridine rings is 1. The van der Waals surface area contributed by atoms with Gasteiger partial charge in [-0.3, -0.25) is 4.79 Å². The SMILES string of the molecule is Nc1cc(C(=O)Nc2ccc(F)cc2Cl)ccn1. The van der Waals surface area contributed by atoms with Gasteiger partial charge in [0.05, 0.1) is 10.7 Å². The van der Waals surface area contributed by atoms with Crippen LogP contribution in [0.2, 0.25) is 5.02 Å². The minimum absolute atomic E-state index is 0.130. The van der Waals surface area contributed by atoms with Crippen LogP contribution < -0.4 is 11.1 Å². The number of hydrogen-bond donors (Lipinski definition) is 2. The topological polar surface area (TPSA) is 68.0 Å². The van der Waals surface area contributed by atoms with Gasteiger partial charge in [-0.2, -0.15) is 0 Å². The molecule has 6 heteroatoms. The quantitative estimate of drug-likeness (QED) is 0.877. The Balaban J connectivity index is 2.21. The van der Waals surface area contributed by atoms with Crippen LogP contribution >= 0.6 is 11.6 Å². The van der Waals surface area contributed by atoms with E-state index in [4.69, 9.17) is 17.3 Å². The summed E-state index contributed by atoms with van der Waals surface area (Å²) in [5.74, 6) is -0.614. The van der Waals surface area contributed by atoms with E-state index in [9.17, 15) is 9.18 Å². The van der Waals surface area contributed by atoms with Crippen LogP contribution in [0.1, 0.15) is 10.4 Å². The summed E-state index contributed by atoms with van der Waals surface area (Å²) < 4.78 is 12.8. The van der Waals surface area contributed by atoms with E-state index in [2.05, 4.69) is 10.3 Å². The number of benzene rings is 1. The molecule has 0 fully saturated rings. The maximum atomic E-state index is 12.8. The molecule has 0 saturated heterocycles. The minimum atomic E-state index is -0.467. The van der Waals surface area contributed by atoms with Gasteiger partial charge in [0.2, 0.25) is 0 Å². The van der Waals surface area contributed by atoms with Crippen molar-refractivity contribution < 1.29 is 9.18 Å². The Hall–Kier alpha value is -2.14. The van der Waals surface area contributed by atoms with E-state index in [-0.39, 0.29) is 10.8 Å². The van der Waals surface area contributed by atoms with Crippen LogP contribution in [-0.4, -0.2) is 10.9 Å².